The van der Waals surface area contributed by atoms with Crippen molar-refractivity contribution in [3.8, 4) is 0 Å². The van der Waals surface area contributed by atoms with Crippen molar-refractivity contribution in [2.75, 3.05) is 23.3 Å². The summed E-state index contributed by atoms with van der Waals surface area (Å²) in [5, 5.41) is 3.96. The molecule has 0 amide bonds. The van der Waals surface area contributed by atoms with Gasteiger partial charge in [0.25, 0.3) is 0 Å². The van der Waals surface area contributed by atoms with Gasteiger partial charge in [-0.1, -0.05) is 11.6 Å². The first kappa shape index (κ1) is 13.6. The number of halogens is 1. The Labute approximate surface area is 118 Å². The zero-order chi connectivity index (χ0) is 13.7. The minimum atomic E-state index is 0.720. The van der Waals surface area contributed by atoms with E-state index >= 15 is 0 Å². The highest BCUT2D eigenvalue weighted by atomic mass is 35.5. The van der Waals surface area contributed by atoms with Crippen LogP contribution in [0.4, 0.5) is 17.3 Å². The van der Waals surface area contributed by atoms with Gasteiger partial charge in [-0.15, -0.1) is 0 Å². The van der Waals surface area contributed by atoms with Gasteiger partial charge in [-0.25, -0.2) is 9.97 Å². The van der Waals surface area contributed by atoms with E-state index in [0.717, 1.165) is 35.4 Å². The van der Waals surface area contributed by atoms with Gasteiger partial charge in [0.05, 0.1) is 0 Å². The van der Waals surface area contributed by atoms with Gasteiger partial charge in [-0.3, -0.25) is 0 Å². The predicted octanol–water partition coefficient (Wildman–Crippen LogP) is 3.72. The fourth-order valence-electron chi connectivity index (χ4n) is 1.82. The Hall–Kier alpha value is -1.81. The van der Waals surface area contributed by atoms with Gasteiger partial charge in [-0.05, 0) is 38.1 Å². The van der Waals surface area contributed by atoms with Gasteiger partial charge < -0.3 is 10.2 Å². The van der Waals surface area contributed by atoms with Crippen molar-refractivity contribution in [3.05, 3.63) is 41.7 Å². The summed E-state index contributed by atoms with van der Waals surface area (Å²) in [5.41, 5.74) is 0.952. The molecule has 1 aromatic heterocycles. The largest absolute Gasteiger partial charge is 0.357 e. The number of hydrogen-bond acceptors (Lipinski definition) is 4. The van der Waals surface area contributed by atoms with Gasteiger partial charge in [-0.2, -0.15) is 0 Å². The summed E-state index contributed by atoms with van der Waals surface area (Å²) in [6.45, 7) is 6.07. The SMILES string of the molecule is CCN(CC)c1cc(Nc2ccc(Cl)cc2)ncn1. The molecular weight excluding hydrogens is 260 g/mol. The molecule has 2 rings (SSSR count). The highest BCUT2D eigenvalue weighted by Gasteiger charge is 2.05. The van der Waals surface area contributed by atoms with E-state index < -0.39 is 0 Å². The zero-order valence-corrected chi connectivity index (χ0v) is 11.9. The van der Waals surface area contributed by atoms with E-state index in [1.165, 1.54) is 0 Å². The van der Waals surface area contributed by atoms with E-state index in [1.807, 2.05) is 30.3 Å². The standard InChI is InChI=1S/C14H17ClN4/c1-3-19(4-2)14-9-13(16-10-17-14)18-12-7-5-11(15)6-8-12/h5-10H,3-4H2,1-2H3,(H,16,17,18). The first-order valence-corrected chi connectivity index (χ1v) is 6.70. The molecule has 0 saturated heterocycles. The third kappa shape index (κ3) is 3.58. The maximum Gasteiger partial charge on any atom is 0.135 e. The van der Waals surface area contributed by atoms with E-state index in [-0.39, 0.29) is 0 Å². The second kappa shape index (κ2) is 6.38. The Morgan fingerprint density at radius 2 is 1.79 bits per heavy atom. The zero-order valence-electron chi connectivity index (χ0n) is 11.1. The fraction of sp³-hybridized carbons (Fsp3) is 0.286. The lowest BCUT2D eigenvalue weighted by molar-refractivity contribution is 0.842. The summed E-state index contributed by atoms with van der Waals surface area (Å²) in [5.74, 6) is 1.70. The van der Waals surface area contributed by atoms with E-state index in [0.29, 0.717) is 0 Å². The highest BCUT2D eigenvalue weighted by molar-refractivity contribution is 6.30. The van der Waals surface area contributed by atoms with Crippen molar-refractivity contribution in [1.29, 1.82) is 0 Å². The summed E-state index contributed by atoms with van der Waals surface area (Å²) in [6.07, 6.45) is 1.58. The molecule has 1 heterocycles. The molecule has 1 N–H and O–H groups in total. The molecule has 0 aliphatic heterocycles. The number of aromatic nitrogens is 2. The van der Waals surface area contributed by atoms with Crippen LogP contribution in [-0.2, 0) is 0 Å². The quantitative estimate of drug-likeness (QED) is 0.904. The second-order valence-corrected chi connectivity index (χ2v) is 4.50. The maximum absolute atomic E-state index is 5.86. The third-order valence-electron chi connectivity index (χ3n) is 2.86. The van der Waals surface area contributed by atoms with E-state index in [2.05, 4.69) is 34.0 Å². The first-order valence-electron chi connectivity index (χ1n) is 6.32. The van der Waals surface area contributed by atoms with Crippen molar-refractivity contribution in [3.63, 3.8) is 0 Å². The van der Waals surface area contributed by atoms with Crippen LogP contribution < -0.4 is 10.2 Å². The van der Waals surface area contributed by atoms with E-state index in [9.17, 15) is 0 Å². The average Bonchev–Trinajstić information content (AvgIpc) is 2.43. The summed E-state index contributed by atoms with van der Waals surface area (Å²) in [7, 11) is 0. The van der Waals surface area contributed by atoms with Crippen LogP contribution in [0.2, 0.25) is 5.02 Å². The smallest absolute Gasteiger partial charge is 0.135 e. The lowest BCUT2D eigenvalue weighted by Gasteiger charge is -2.19. The Morgan fingerprint density at radius 1 is 1.11 bits per heavy atom. The van der Waals surface area contributed by atoms with Crippen LogP contribution >= 0.6 is 11.6 Å². The van der Waals surface area contributed by atoms with Gasteiger partial charge in [0.2, 0.25) is 0 Å². The molecule has 1 aromatic carbocycles. The lowest BCUT2D eigenvalue weighted by atomic mass is 10.3. The van der Waals surface area contributed by atoms with E-state index in [4.69, 9.17) is 11.6 Å². The molecular formula is C14H17ClN4. The summed E-state index contributed by atoms with van der Waals surface area (Å²) in [4.78, 5) is 10.7. The van der Waals surface area contributed by atoms with Crippen LogP contribution in [-0.4, -0.2) is 23.1 Å². The molecule has 0 radical (unpaired) electrons. The lowest BCUT2D eigenvalue weighted by Crippen LogP contribution is -2.23. The number of anilines is 3. The van der Waals surface area contributed by atoms with Crippen LogP contribution in [0.15, 0.2) is 36.7 Å². The van der Waals surface area contributed by atoms with Crippen molar-refractivity contribution < 1.29 is 0 Å². The van der Waals surface area contributed by atoms with E-state index in [1.54, 1.807) is 6.33 Å². The highest BCUT2D eigenvalue weighted by Crippen LogP contribution is 2.19. The van der Waals surface area contributed by atoms with Crippen molar-refractivity contribution >= 4 is 28.9 Å². The summed E-state index contributed by atoms with van der Waals surface area (Å²) >= 11 is 5.86. The number of rotatable bonds is 5. The minimum Gasteiger partial charge on any atom is -0.357 e. The van der Waals surface area contributed by atoms with Gasteiger partial charge >= 0.3 is 0 Å². The molecule has 100 valence electrons. The number of nitrogens with one attached hydrogen (secondary N) is 1. The molecule has 0 unspecified atom stereocenters. The van der Waals surface area contributed by atoms with Crippen molar-refractivity contribution in [2.24, 2.45) is 0 Å². The molecule has 2 aromatic rings. The number of nitrogens with zero attached hydrogens (tertiary/aromatic N) is 3. The third-order valence-corrected chi connectivity index (χ3v) is 3.11. The molecule has 0 aliphatic carbocycles. The molecule has 5 heteroatoms. The fourth-order valence-corrected chi connectivity index (χ4v) is 1.94. The molecule has 19 heavy (non-hydrogen) atoms. The second-order valence-electron chi connectivity index (χ2n) is 4.07. The van der Waals surface area contributed by atoms with Gasteiger partial charge in [0.1, 0.15) is 18.0 Å². The number of benzene rings is 1. The topological polar surface area (TPSA) is 41.0 Å². The molecule has 0 spiro atoms. The van der Waals surface area contributed by atoms with Crippen LogP contribution in [0.5, 0.6) is 0 Å². The predicted molar refractivity (Wildman–Crippen MR) is 80.3 cm³/mol. The van der Waals surface area contributed by atoms with Gasteiger partial charge in [0.15, 0.2) is 0 Å². The minimum absolute atomic E-state index is 0.720. The molecule has 4 nitrogen and oxygen atoms in total. The number of hydrogen-bond donors (Lipinski definition) is 1. The molecule has 0 aliphatic rings. The van der Waals surface area contributed by atoms with Crippen molar-refractivity contribution in [2.45, 2.75) is 13.8 Å². The van der Waals surface area contributed by atoms with Crippen LogP contribution in [0.3, 0.4) is 0 Å². The van der Waals surface area contributed by atoms with Crippen LogP contribution in [0, 0.1) is 0 Å². The Kier molecular flexibility index (Phi) is 4.58. The molecule has 0 atom stereocenters. The average molecular weight is 277 g/mol. The van der Waals surface area contributed by atoms with Crippen LogP contribution in [0.1, 0.15) is 13.8 Å². The monoisotopic (exact) mass is 276 g/mol. The molecule has 0 bridgehead atoms. The maximum atomic E-state index is 5.86. The Morgan fingerprint density at radius 3 is 2.42 bits per heavy atom. The first-order chi connectivity index (χ1) is 9.22. The van der Waals surface area contributed by atoms with Crippen molar-refractivity contribution in [1.82, 2.24) is 9.97 Å². The van der Waals surface area contributed by atoms with Crippen LogP contribution in [0.25, 0.3) is 0 Å². The molecule has 0 saturated carbocycles. The summed E-state index contributed by atoms with van der Waals surface area (Å²) < 4.78 is 0. The Balaban J connectivity index is 2.17. The summed E-state index contributed by atoms with van der Waals surface area (Å²) in [6, 6.07) is 9.47. The Bertz CT molecular complexity index is 523. The van der Waals surface area contributed by atoms with Gasteiger partial charge in [0, 0.05) is 29.9 Å². The molecule has 0 fully saturated rings. The normalized spacial score (nSPS) is 10.3.